The van der Waals surface area contributed by atoms with Gasteiger partial charge in [-0.25, -0.2) is 0 Å². The van der Waals surface area contributed by atoms with E-state index in [1.165, 1.54) is 0 Å². The van der Waals surface area contributed by atoms with Crippen molar-refractivity contribution in [1.82, 2.24) is 10.3 Å². The maximum absolute atomic E-state index is 12.4. The fourth-order valence-electron chi connectivity index (χ4n) is 2.65. The van der Waals surface area contributed by atoms with Crippen LogP contribution in [-0.4, -0.2) is 17.0 Å². The number of aromatic nitrogens is 1. The van der Waals surface area contributed by atoms with Gasteiger partial charge in [-0.3, -0.25) is 9.78 Å². The smallest absolute Gasteiger partial charge is 0.261 e. The molecule has 1 N–H and O–H groups in total. The lowest BCUT2D eigenvalue weighted by molar-refractivity contribution is -0.128. The summed E-state index contributed by atoms with van der Waals surface area (Å²) in [6.07, 6.45) is 3.53. The molecule has 0 fully saturated rings. The van der Waals surface area contributed by atoms with Crippen LogP contribution in [0.5, 0.6) is 5.75 Å². The van der Waals surface area contributed by atoms with Crippen molar-refractivity contribution in [3.8, 4) is 16.9 Å². The molecular formula is C22H22N2O2. The van der Waals surface area contributed by atoms with Gasteiger partial charge < -0.3 is 10.1 Å². The molecule has 1 amide bonds. The Kier molecular flexibility index (Phi) is 5.99. The second-order valence-electron chi connectivity index (χ2n) is 5.98. The first-order valence-electron chi connectivity index (χ1n) is 8.75. The summed E-state index contributed by atoms with van der Waals surface area (Å²) in [5, 5.41) is 2.90. The van der Waals surface area contributed by atoms with Gasteiger partial charge in [0.1, 0.15) is 5.75 Å². The van der Waals surface area contributed by atoms with Crippen molar-refractivity contribution in [3.63, 3.8) is 0 Å². The monoisotopic (exact) mass is 346 g/mol. The maximum Gasteiger partial charge on any atom is 0.261 e. The predicted octanol–water partition coefficient (Wildman–Crippen LogP) is 4.22. The standard InChI is InChI=1S/C22H22N2O2/c1-2-21(22(25)24-16-17-7-6-14-23-15-17)26-20-12-10-19(11-13-20)18-8-4-3-5-9-18/h3-15,21H,2,16H2,1H3,(H,24,25). The molecule has 1 heterocycles. The third-order valence-corrected chi connectivity index (χ3v) is 4.09. The Balaban J connectivity index is 1.59. The highest BCUT2D eigenvalue weighted by atomic mass is 16.5. The first kappa shape index (κ1) is 17.7. The Morgan fingerprint density at radius 2 is 1.73 bits per heavy atom. The number of amides is 1. The van der Waals surface area contributed by atoms with E-state index in [9.17, 15) is 4.79 Å². The average Bonchev–Trinajstić information content (AvgIpc) is 2.72. The molecule has 3 aromatic rings. The molecule has 0 saturated carbocycles. The van der Waals surface area contributed by atoms with Gasteiger partial charge in [0.25, 0.3) is 5.91 Å². The van der Waals surface area contributed by atoms with Gasteiger partial charge in [0.2, 0.25) is 0 Å². The highest BCUT2D eigenvalue weighted by Gasteiger charge is 2.18. The topological polar surface area (TPSA) is 51.2 Å². The van der Waals surface area contributed by atoms with Crippen LogP contribution in [0, 0.1) is 0 Å². The summed E-state index contributed by atoms with van der Waals surface area (Å²) in [6.45, 7) is 2.38. The third kappa shape index (κ3) is 4.70. The van der Waals surface area contributed by atoms with Crippen LogP contribution in [-0.2, 0) is 11.3 Å². The molecule has 2 aromatic carbocycles. The van der Waals surface area contributed by atoms with Crippen molar-refractivity contribution in [2.75, 3.05) is 0 Å². The van der Waals surface area contributed by atoms with Crippen molar-refractivity contribution < 1.29 is 9.53 Å². The molecule has 1 atom stereocenters. The van der Waals surface area contributed by atoms with Gasteiger partial charge in [-0.15, -0.1) is 0 Å². The molecule has 3 rings (SSSR count). The van der Waals surface area contributed by atoms with E-state index in [1.807, 2.05) is 61.5 Å². The van der Waals surface area contributed by atoms with Gasteiger partial charge in [0.15, 0.2) is 6.10 Å². The van der Waals surface area contributed by atoms with Crippen LogP contribution in [0.4, 0.5) is 0 Å². The molecule has 132 valence electrons. The number of nitrogens with one attached hydrogen (secondary N) is 1. The summed E-state index contributed by atoms with van der Waals surface area (Å²) >= 11 is 0. The molecule has 0 bridgehead atoms. The summed E-state index contributed by atoms with van der Waals surface area (Å²) in [5.41, 5.74) is 3.23. The van der Waals surface area contributed by atoms with Crippen LogP contribution in [0.15, 0.2) is 79.1 Å². The zero-order valence-electron chi connectivity index (χ0n) is 14.8. The predicted molar refractivity (Wildman–Crippen MR) is 103 cm³/mol. The van der Waals surface area contributed by atoms with Crippen LogP contribution >= 0.6 is 0 Å². The van der Waals surface area contributed by atoms with Crippen LogP contribution in [0.1, 0.15) is 18.9 Å². The van der Waals surface area contributed by atoms with E-state index >= 15 is 0 Å². The SMILES string of the molecule is CCC(Oc1ccc(-c2ccccc2)cc1)C(=O)NCc1cccnc1. The fourth-order valence-corrected chi connectivity index (χ4v) is 2.65. The first-order valence-corrected chi connectivity index (χ1v) is 8.75. The summed E-state index contributed by atoms with van der Waals surface area (Å²) in [6, 6.07) is 21.7. The minimum atomic E-state index is -0.519. The Hall–Kier alpha value is -3.14. The molecule has 4 heteroatoms. The van der Waals surface area contributed by atoms with Crippen LogP contribution in [0.2, 0.25) is 0 Å². The minimum absolute atomic E-state index is 0.122. The lowest BCUT2D eigenvalue weighted by atomic mass is 10.1. The van der Waals surface area contributed by atoms with Crippen molar-refractivity contribution >= 4 is 5.91 Å². The first-order chi connectivity index (χ1) is 12.8. The molecule has 0 radical (unpaired) electrons. The highest BCUT2D eigenvalue weighted by molar-refractivity contribution is 5.81. The molecular weight excluding hydrogens is 324 g/mol. The highest BCUT2D eigenvalue weighted by Crippen LogP contribution is 2.23. The van der Waals surface area contributed by atoms with Gasteiger partial charge >= 0.3 is 0 Å². The minimum Gasteiger partial charge on any atom is -0.481 e. The number of hydrogen-bond donors (Lipinski definition) is 1. The van der Waals surface area contributed by atoms with E-state index in [0.717, 1.165) is 16.7 Å². The number of pyridine rings is 1. The Bertz CT molecular complexity index is 818. The molecule has 0 spiro atoms. The van der Waals surface area contributed by atoms with E-state index in [4.69, 9.17) is 4.74 Å². The lowest BCUT2D eigenvalue weighted by Crippen LogP contribution is -2.37. The normalized spacial score (nSPS) is 11.6. The zero-order chi connectivity index (χ0) is 18.2. The lowest BCUT2D eigenvalue weighted by Gasteiger charge is -2.17. The maximum atomic E-state index is 12.4. The summed E-state index contributed by atoms with van der Waals surface area (Å²) in [7, 11) is 0. The van der Waals surface area contributed by atoms with Crippen LogP contribution in [0.25, 0.3) is 11.1 Å². The van der Waals surface area contributed by atoms with E-state index in [-0.39, 0.29) is 5.91 Å². The second kappa shape index (κ2) is 8.81. The fraction of sp³-hybridized carbons (Fsp3) is 0.182. The van der Waals surface area contributed by atoms with Crippen LogP contribution < -0.4 is 10.1 Å². The third-order valence-electron chi connectivity index (χ3n) is 4.09. The molecule has 26 heavy (non-hydrogen) atoms. The van der Waals surface area contributed by atoms with Crippen molar-refractivity contribution in [3.05, 3.63) is 84.7 Å². The zero-order valence-corrected chi connectivity index (χ0v) is 14.8. The second-order valence-corrected chi connectivity index (χ2v) is 5.98. The average molecular weight is 346 g/mol. The number of hydrogen-bond acceptors (Lipinski definition) is 3. The van der Waals surface area contributed by atoms with E-state index in [1.54, 1.807) is 12.4 Å². The number of benzene rings is 2. The number of nitrogens with zero attached hydrogens (tertiary/aromatic N) is 1. The van der Waals surface area contributed by atoms with Crippen molar-refractivity contribution in [2.24, 2.45) is 0 Å². The van der Waals surface area contributed by atoms with Crippen molar-refractivity contribution in [1.29, 1.82) is 0 Å². The Morgan fingerprint density at radius 3 is 2.38 bits per heavy atom. The van der Waals surface area contributed by atoms with E-state index < -0.39 is 6.10 Å². The van der Waals surface area contributed by atoms with Crippen molar-refractivity contribution in [2.45, 2.75) is 26.0 Å². The van der Waals surface area contributed by atoms with Gasteiger partial charge in [-0.05, 0) is 41.3 Å². The Labute approximate surface area is 153 Å². The van der Waals surface area contributed by atoms with Gasteiger partial charge in [-0.2, -0.15) is 0 Å². The Morgan fingerprint density at radius 1 is 1.00 bits per heavy atom. The molecule has 1 unspecified atom stereocenters. The summed E-state index contributed by atoms with van der Waals surface area (Å²) in [4.78, 5) is 16.4. The molecule has 4 nitrogen and oxygen atoms in total. The van der Waals surface area contributed by atoms with Gasteiger partial charge in [0.05, 0.1) is 0 Å². The molecule has 0 aliphatic rings. The number of rotatable bonds is 7. The van der Waals surface area contributed by atoms with Crippen LogP contribution in [0.3, 0.4) is 0 Å². The number of ether oxygens (including phenoxy) is 1. The molecule has 0 aliphatic heterocycles. The number of carbonyl (C=O) groups excluding carboxylic acids is 1. The van der Waals surface area contributed by atoms with Gasteiger partial charge in [0, 0.05) is 18.9 Å². The molecule has 0 aliphatic carbocycles. The summed E-state index contributed by atoms with van der Waals surface area (Å²) in [5.74, 6) is 0.566. The summed E-state index contributed by atoms with van der Waals surface area (Å²) < 4.78 is 5.88. The quantitative estimate of drug-likeness (QED) is 0.697. The molecule has 0 saturated heterocycles. The van der Waals surface area contributed by atoms with Gasteiger partial charge in [-0.1, -0.05) is 55.5 Å². The molecule has 1 aromatic heterocycles. The largest absolute Gasteiger partial charge is 0.481 e. The number of carbonyl (C=O) groups is 1. The van der Waals surface area contributed by atoms with E-state index in [2.05, 4.69) is 22.4 Å². The van der Waals surface area contributed by atoms with E-state index in [0.29, 0.717) is 18.7 Å².